The standard InChI is InChI=1S/C20H21N5O2/c1-14(2)16-5-7-17(8-6-16)20-22-24-25(23-20)12-18(26)13-27-19-9-3-15(11-21)4-10-19/h3-10,14,18,26H,12-13H2,1-2H3. The van der Waals surface area contributed by atoms with Gasteiger partial charge in [-0.2, -0.15) is 10.1 Å². The van der Waals surface area contributed by atoms with Gasteiger partial charge in [-0.1, -0.05) is 38.1 Å². The van der Waals surface area contributed by atoms with Gasteiger partial charge in [0.1, 0.15) is 18.5 Å². The van der Waals surface area contributed by atoms with Gasteiger partial charge in [0.05, 0.1) is 18.2 Å². The molecular weight excluding hydrogens is 342 g/mol. The third-order valence-corrected chi connectivity index (χ3v) is 4.09. The van der Waals surface area contributed by atoms with Crippen LogP contribution < -0.4 is 4.74 Å². The smallest absolute Gasteiger partial charge is 0.204 e. The summed E-state index contributed by atoms with van der Waals surface area (Å²) in [6, 6.07) is 16.8. The van der Waals surface area contributed by atoms with Crippen LogP contribution in [-0.4, -0.2) is 38.0 Å². The van der Waals surface area contributed by atoms with E-state index < -0.39 is 6.10 Å². The zero-order valence-corrected chi connectivity index (χ0v) is 15.3. The number of benzene rings is 2. The maximum Gasteiger partial charge on any atom is 0.204 e. The van der Waals surface area contributed by atoms with Crippen LogP contribution in [-0.2, 0) is 6.54 Å². The van der Waals surface area contributed by atoms with Crippen molar-refractivity contribution in [3.63, 3.8) is 0 Å². The first kappa shape index (κ1) is 18.5. The molecular formula is C20H21N5O2. The quantitative estimate of drug-likeness (QED) is 0.693. The molecule has 0 saturated heterocycles. The van der Waals surface area contributed by atoms with E-state index >= 15 is 0 Å². The number of hydrogen-bond donors (Lipinski definition) is 1. The summed E-state index contributed by atoms with van der Waals surface area (Å²) in [6.07, 6.45) is -0.786. The van der Waals surface area contributed by atoms with Crippen molar-refractivity contribution in [2.75, 3.05) is 6.61 Å². The summed E-state index contributed by atoms with van der Waals surface area (Å²) in [5.74, 6) is 1.57. The molecule has 2 aromatic carbocycles. The van der Waals surface area contributed by atoms with E-state index in [4.69, 9.17) is 10.00 Å². The number of hydrogen-bond acceptors (Lipinski definition) is 6. The maximum absolute atomic E-state index is 10.1. The fraction of sp³-hybridized carbons (Fsp3) is 0.300. The Balaban J connectivity index is 1.55. The summed E-state index contributed by atoms with van der Waals surface area (Å²) >= 11 is 0. The summed E-state index contributed by atoms with van der Waals surface area (Å²) in [5, 5.41) is 31.3. The van der Waals surface area contributed by atoms with Crippen molar-refractivity contribution >= 4 is 0 Å². The average molecular weight is 363 g/mol. The summed E-state index contributed by atoms with van der Waals surface area (Å²) in [4.78, 5) is 1.36. The molecule has 0 amide bonds. The van der Waals surface area contributed by atoms with Crippen LogP contribution >= 0.6 is 0 Å². The molecule has 3 rings (SSSR count). The first-order valence-electron chi connectivity index (χ1n) is 8.74. The second kappa shape index (κ2) is 8.43. The van der Waals surface area contributed by atoms with Gasteiger partial charge in [-0.05, 0) is 41.0 Å². The highest BCUT2D eigenvalue weighted by Gasteiger charge is 2.11. The van der Waals surface area contributed by atoms with Crippen LogP contribution in [0.3, 0.4) is 0 Å². The number of tetrazole rings is 1. The number of nitrogens with zero attached hydrogens (tertiary/aromatic N) is 5. The van der Waals surface area contributed by atoms with Gasteiger partial charge >= 0.3 is 0 Å². The molecule has 1 heterocycles. The highest BCUT2D eigenvalue weighted by atomic mass is 16.5. The van der Waals surface area contributed by atoms with Gasteiger partial charge in [0.2, 0.25) is 5.82 Å². The van der Waals surface area contributed by atoms with E-state index in [1.165, 1.54) is 10.4 Å². The van der Waals surface area contributed by atoms with Crippen LogP contribution in [0.15, 0.2) is 48.5 Å². The molecule has 27 heavy (non-hydrogen) atoms. The minimum atomic E-state index is -0.786. The molecule has 0 aliphatic heterocycles. The Morgan fingerprint density at radius 2 is 1.81 bits per heavy atom. The van der Waals surface area contributed by atoms with E-state index in [1.54, 1.807) is 24.3 Å². The van der Waals surface area contributed by atoms with Crippen LogP contribution in [0.1, 0.15) is 30.9 Å². The molecule has 0 spiro atoms. The van der Waals surface area contributed by atoms with E-state index in [9.17, 15) is 5.11 Å². The Hall–Kier alpha value is -3.24. The third-order valence-electron chi connectivity index (χ3n) is 4.09. The molecule has 1 N–H and O–H groups in total. The third kappa shape index (κ3) is 4.90. The molecule has 7 nitrogen and oxygen atoms in total. The monoisotopic (exact) mass is 363 g/mol. The Labute approximate surface area is 157 Å². The normalized spacial score (nSPS) is 12.0. The largest absolute Gasteiger partial charge is 0.491 e. The molecule has 0 bridgehead atoms. The molecule has 0 saturated carbocycles. The molecule has 0 aliphatic carbocycles. The summed E-state index contributed by atoms with van der Waals surface area (Å²) in [5.41, 5.74) is 2.69. The molecule has 1 unspecified atom stereocenters. The van der Waals surface area contributed by atoms with Crippen LogP contribution in [0.2, 0.25) is 0 Å². The minimum Gasteiger partial charge on any atom is -0.491 e. The number of aromatic nitrogens is 4. The first-order chi connectivity index (χ1) is 13.0. The van der Waals surface area contributed by atoms with Crippen LogP contribution in [0, 0.1) is 11.3 Å². The van der Waals surface area contributed by atoms with Crippen molar-refractivity contribution in [1.29, 1.82) is 5.26 Å². The molecule has 3 aromatic rings. The first-order valence-corrected chi connectivity index (χ1v) is 8.74. The zero-order valence-electron chi connectivity index (χ0n) is 15.3. The fourth-order valence-electron chi connectivity index (χ4n) is 2.51. The van der Waals surface area contributed by atoms with E-state index in [0.717, 1.165) is 5.56 Å². The lowest BCUT2D eigenvalue weighted by atomic mass is 10.0. The van der Waals surface area contributed by atoms with E-state index in [2.05, 4.69) is 41.4 Å². The minimum absolute atomic E-state index is 0.0891. The molecule has 1 aromatic heterocycles. The van der Waals surface area contributed by atoms with Crippen LogP contribution in [0.5, 0.6) is 5.75 Å². The lowest BCUT2D eigenvalue weighted by Crippen LogP contribution is -2.24. The van der Waals surface area contributed by atoms with Crippen molar-refractivity contribution in [3.8, 4) is 23.2 Å². The SMILES string of the molecule is CC(C)c1ccc(-c2nnn(CC(O)COc3ccc(C#N)cc3)n2)cc1. The van der Waals surface area contributed by atoms with Gasteiger partial charge < -0.3 is 9.84 Å². The zero-order chi connectivity index (χ0) is 19.2. The van der Waals surface area contributed by atoms with Gasteiger partial charge in [0, 0.05) is 5.56 Å². The van der Waals surface area contributed by atoms with Crippen molar-refractivity contribution < 1.29 is 9.84 Å². The Kier molecular flexibility index (Phi) is 5.79. The lowest BCUT2D eigenvalue weighted by molar-refractivity contribution is 0.0850. The second-order valence-corrected chi connectivity index (χ2v) is 6.55. The summed E-state index contributed by atoms with van der Waals surface area (Å²) in [7, 11) is 0. The number of nitriles is 1. The number of aliphatic hydroxyl groups excluding tert-OH is 1. The van der Waals surface area contributed by atoms with Gasteiger partial charge in [-0.3, -0.25) is 0 Å². The van der Waals surface area contributed by atoms with E-state index in [-0.39, 0.29) is 13.2 Å². The van der Waals surface area contributed by atoms with E-state index in [0.29, 0.717) is 23.1 Å². The lowest BCUT2D eigenvalue weighted by Gasteiger charge is -2.11. The highest BCUT2D eigenvalue weighted by molar-refractivity contribution is 5.54. The fourth-order valence-corrected chi connectivity index (χ4v) is 2.51. The molecule has 0 aliphatic rings. The van der Waals surface area contributed by atoms with Crippen LogP contribution in [0.25, 0.3) is 11.4 Å². The molecule has 0 fully saturated rings. The topological polar surface area (TPSA) is 96.9 Å². The van der Waals surface area contributed by atoms with Gasteiger partial charge in [0.15, 0.2) is 0 Å². The van der Waals surface area contributed by atoms with Gasteiger partial charge in [-0.15, -0.1) is 10.2 Å². The predicted octanol–water partition coefficient (Wildman–Crippen LogP) is 2.78. The van der Waals surface area contributed by atoms with Crippen molar-refractivity contribution in [2.45, 2.75) is 32.4 Å². The Morgan fingerprint density at radius 1 is 1.11 bits per heavy atom. The number of aliphatic hydroxyl groups is 1. The highest BCUT2D eigenvalue weighted by Crippen LogP contribution is 2.19. The van der Waals surface area contributed by atoms with Crippen LogP contribution in [0.4, 0.5) is 0 Å². The molecule has 0 radical (unpaired) electrons. The predicted molar refractivity (Wildman–Crippen MR) is 100 cm³/mol. The number of ether oxygens (including phenoxy) is 1. The Bertz CT molecular complexity index is 911. The van der Waals surface area contributed by atoms with Crippen molar-refractivity contribution in [3.05, 3.63) is 59.7 Å². The maximum atomic E-state index is 10.1. The number of rotatable bonds is 7. The average Bonchev–Trinajstić information content (AvgIpc) is 3.15. The molecule has 138 valence electrons. The van der Waals surface area contributed by atoms with E-state index in [1.807, 2.05) is 18.2 Å². The second-order valence-electron chi connectivity index (χ2n) is 6.55. The molecule has 7 heteroatoms. The van der Waals surface area contributed by atoms with Gasteiger partial charge in [-0.25, -0.2) is 0 Å². The van der Waals surface area contributed by atoms with Gasteiger partial charge in [0.25, 0.3) is 0 Å². The van der Waals surface area contributed by atoms with Crippen molar-refractivity contribution in [2.24, 2.45) is 0 Å². The Morgan fingerprint density at radius 3 is 2.44 bits per heavy atom. The van der Waals surface area contributed by atoms with Crippen molar-refractivity contribution in [1.82, 2.24) is 20.2 Å². The summed E-state index contributed by atoms with van der Waals surface area (Å²) < 4.78 is 5.52. The molecule has 1 atom stereocenters. The summed E-state index contributed by atoms with van der Waals surface area (Å²) in [6.45, 7) is 4.55.